The Balaban J connectivity index is 2.64. The van der Waals surface area contributed by atoms with E-state index in [1.54, 1.807) is 0 Å². The molecular formula is C13H22N2O2. The van der Waals surface area contributed by atoms with Gasteiger partial charge in [-0.3, -0.25) is 4.79 Å². The lowest BCUT2D eigenvalue weighted by Gasteiger charge is -2.22. The van der Waals surface area contributed by atoms with Gasteiger partial charge in [0, 0.05) is 11.5 Å². The maximum Gasteiger partial charge on any atom is 0.228 e. The normalized spacial score (nSPS) is 13.5. The molecule has 4 nitrogen and oxygen atoms in total. The lowest BCUT2D eigenvalue weighted by atomic mass is 9.85. The number of amides is 1. The highest BCUT2D eigenvalue weighted by Crippen LogP contribution is 2.25. The Bertz CT molecular complexity index is 402. The number of hydrogen-bond acceptors (Lipinski definition) is 3. The second-order valence-corrected chi connectivity index (χ2v) is 5.87. The Morgan fingerprint density at radius 3 is 2.41 bits per heavy atom. The van der Waals surface area contributed by atoms with Crippen molar-refractivity contribution in [3.8, 4) is 0 Å². The van der Waals surface area contributed by atoms with Crippen LogP contribution in [0, 0.1) is 25.2 Å². The first-order chi connectivity index (χ1) is 7.70. The van der Waals surface area contributed by atoms with Gasteiger partial charge in [-0.25, -0.2) is 0 Å². The van der Waals surface area contributed by atoms with Crippen molar-refractivity contribution in [2.24, 2.45) is 11.3 Å². The monoisotopic (exact) mass is 238 g/mol. The van der Waals surface area contributed by atoms with Crippen molar-refractivity contribution >= 4 is 11.7 Å². The van der Waals surface area contributed by atoms with E-state index in [9.17, 15) is 4.79 Å². The van der Waals surface area contributed by atoms with Gasteiger partial charge < -0.3 is 9.84 Å². The Morgan fingerprint density at radius 2 is 2.00 bits per heavy atom. The fourth-order valence-corrected chi connectivity index (χ4v) is 1.79. The summed E-state index contributed by atoms with van der Waals surface area (Å²) in [6.45, 7) is 12.0. The molecule has 1 amide bonds. The van der Waals surface area contributed by atoms with Gasteiger partial charge in [0.25, 0.3) is 0 Å². The van der Waals surface area contributed by atoms with Crippen LogP contribution in [0.4, 0.5) is 5.82 Å². The third-order valence-corrected chi connectivity index (χ3v) is 2.76. The molecule has 0 radical (unpaired) electrons. The van der Waals surface area contributed by atoms with Crippen LogP contribution in [-0.4, -0.2) is 11.1 Å². The molecule has 0 fully saturated rings. The van der Waals surface area contributed by atoms with Crippen molar-refractivity contribution in [3.63, 3.8) is 0 Å². The summed E-state index contributed by atoms with van der Waals surface area (Å²) in [6.07, 6.45) is 0.842. The van der Waals surface area contributed by atoms with Crippen molar-refractivity contribution in [3.05, 3.63) is 11.3 Å². The number of aryl methyl sites for hydroxylation is 1. The van der Waals surface area contributed by atoms with Crippen molar-refractivity contribution in [1.82, 2.24) is 5.16 Å². The van der Waals surface area contributed by atoms with Crippen LogP contribution in [0.5, 0.6) is 0 Å². The van der Waals surface area contributed by atoms with Crippen molar-refractivity contribution in [2.75, 3.05) is 5.32 Å². The number of nitrogens with zero attached hydrogens (tertiary/aromatic N) is 1. The van der Waals surface area contributed by atoms with Gasteiger partial charge in [-0.2, -0.15) is 0 Å². The minimum atomic E-state index is -0.0357. The second-order valence-electron chi connectivity index (χ2n) is 5.87. The van der Waals surface area contributed by atoms with Crippen LogP contribution in [0.3, 0.4) is 0 Å². The van der Waals surface area contributed by atoms with E-state index in [4.69, 9.17) is 4.52 Å². The molecule has 0 bridgehead atoms. The van der Waals surface area contributed by atoms with E-state index in [2.05, 4.69) is 31.2 Å². The summed E-state index contributed by atoms with van der Waals surface area (Å²) in [4.78, 5) is 12.0. The fourth-order valence-electron chi connectivity index (χ4n) is 1.79. The Hall–Kier alpha value is -1.32. The zero-order valence-corrected chi connectivity index (χ0v) is 11.5. The highest BCUT2D eigenvalue weighted by molar-refractivity contribution is 5.92. The smallest absolute Gasteiger partial charge is 0.228 e. The lowest BCUT2D eigenvalue weighted by molar-refractivity contribution is -0.120. The number of nitrogens with one attached hydrogen (secondary N) is 1. The van der Waals surface area contributed by atoms with E-state index >= 15 is 0 Å². The van der Waals surface area contributed by atoms with Gasteiger partial charge in [-0.15, -0.1) is 0 Å². The van der Waals surface area contributed by atoms with E-state index in [1.165, 1.54) is 0 Å². The molecule has 4 heteroatoms. The summed E-state index contributed by atoms with van der Waals surface area (Å²) in [5.41, 5.74) is 1.03. The SMILES string of the molecule is Cc1onc(NC(=O)C(C)CC(C)(C)C)c1C. The van der Waals surface area contributed by atoms with Crippen LogP contribution in [0.2, 0.25) is 0 Å². The number of anilines is 1. The zero-order valence-electron chi connectivity index (χ0n) is 11.5. The second kappa shape index (κ2) is 4.90. The molecule has 1 atom stereocenters. The fraction of sp³-hybridized carbons (Fsp3) is 0.692. The van der Waals surface area contributed by atoms with Crippen LogP contribution in [-0.2, 0) is 4.79 Å². The average Bonchev–Trinajstić information content (AvgIpc) is 2.47. The largest absolute Gasteiger partial charge is 0.359 e. The molecule has 1 aromatic rings. The molecule has 0 aliphatic carbocycles. The number of rotatable bonds is 3. The quantitative estimate of drug-likeness (QED) is 0.879. The summed E-state index contributed by atoms with van der Waals surface area (Å²) >= 11 is 0. The molecule has 1 N–H and O–H groups in total. The predicted octanol–water partition coefficient (Wildman–Crippen LogP) is 3.30. The molecule has 1 rings (SSSR count). The summed E-state index contributed by atoms with van der Waals surface area (Å²) in [5.74, 6) is 1.24. The molecule has 0 saturated heterocycles. The maximum absolute atomic E-state index is 12.0. The van der Waals surface area contributed by atoms with Gasteiger partial charge in [-0.1, -0.05) is 32.9 Å². The van der Waals surface area contributed by atoms with Crippen LogP contribution < -0.4 is 5.32 Å². The molecule has 1 aromatic heterocycles. The first kappa shape index (κ1) is 13.7. The molecule has 0 saturated carbocycles. The first-order valence-corrected chi connectivity index (χ1v) is 5.94. The van der Waals surface area contributed by atoms with E-state index in [0.717, 1.165) is 17.7 Å². The molecule has 1 heterocycles. The summed E-state index contributed by atoms with van der Waals surface area (Å²) in [7, 11) is 0. The molecule has 1 unspecified atom stereocenters. The minimum Gasteiger partial charge on any atom is -0.359 e. The van der Waals surface area contributed by atoms with Crippen molar-refractivity contribution < 1.29 is 9.32 Å². The zero-order chi connectivity index (χ0) is 13.2. The summed E-state index contributed by atoms with van der Waals surface area (Å²) < 4.78 is 5.01. The Kier molecular flexibility index (Phi) is 3.96. The standard InChI is InChI=1S/C13H22N2O2/c1-8(7-13(4,5)6)12(16)14-11-9(2)10(3)17-15-11/h8H,7H2,1-6H3,(H,14,15,16). The third kappa shape index (κ3) is 3.88. The number of carbonyl (C=O) groups excluding carboxylic acids is 1. The summed E-state index contributed by atoms with van der Waals surface area (Å²) in [5, 5.41) is 6.64. The topological polar surface area (TPSA) is 55.1 Å². The average molecular weight is 238 g/mol. The molecular weight excluding hydrogens is 216 g/mol. The number of hydrogen-bond donors (Lipinski definition) is 1. The molecule has 17 heavy (non-hydrogen) atoms. The molecule has 0 aromatic carbocycles. The van der Waals surface area contributed by atoms with Gasteiger partial charge in [-0.05, 0) is 25.7 Å². The molecule has 0 aliphatic rings. The van der Waals surface area contributed by atoms with Crippen molar-refractivity contribution in [2.45, 2.75) is 48.0 Å². The van der Waals surface area contributed by atoms with Crippen LogP contribution >= 0.6 is 0 Å². The van der Waals surface area contributed by atoms with E-state index in [1.807, 2.05) is 20.8 Å². The minimum absolute atomic E-state index is 0.00340. The van der Waals surface area contributed by atoms with Gasteiger partial charge in [0.2, 0.25) is 5.91 Å². The number of aromatic nitrogens is 1. The van der Waals surface area contributed by atoms with Gasteiger partial charge in [0.1, 0.15) is 5.76 Å². The van der Waals surface area contributed by atoms with Gasteiger partial charge >= 0.3 is 0 Å². The van der Waals surface area contributed by atoms with Gasteiger partial charge in [0.05, 0.1) is 0 Å². The third-order valence-electron chi connectivity index (χ3n) is 2.76. The molecule has 96 valence electrons. The highest BCUT2D eigenvalue weighted by atomic mass is 16.5. The van der Waals surface area contributed by atoms with Crippen molar-refractivity contribution in [1.29, 1.82) is 0 Å². The highest BCUT2D eigenvalue weighted by Gasteiger charge is 2.22. The van der Waals surface area contributed by atoms with E-state index in [0.29, 0.717) is 5.82 Å². The van der Waals surface area contributed by atoms with E-state index in [-0.39, 0.29) is 17.2 Å². The maximum atomic E-state index is 12.0. The molecule has 0 spiro atoms. The van der Waals surface area contributed by atoms with Crippen LogP contribution in [0.15, 0.2) is 4.52 Å². The Morgan fingerprint density at radius 1 is 1.41 bits per heavy atom. The van der Waals surface area contributed by atoms with E-state index < -0.39 is 0 Å². The van der Waals surface area contributed by atoms with Crippen LogP contribution in [0.1, 0.15) is 45.4 Å². The first-order valence-electron chi connectivity index (χ1n) is 5.94. The molecule has 0 aliphatic heterocycles. The number of carbonyl (C=O) groups is 1. The van der Waals surface area contributed by atoms with Gasteiger partial charge in [0.15, 0.2) is 5.82 Å². The lowest BCUT2D eigenvalue weighted by Crippen LogP contribution is -2.25. The Labute approximate surface area is 103 Å². The summed E-state index contributed by atoms with van der Waals surface area (Å²) in [6, 6.07) is 0. The van der Waals surface area contributed by atoms with Crippen LogP contribution in [0.25, 0.3) is 0 Å². The predicted molar refractivity (Wildman–Crippen MR) is 67.8 cm³/mol.